The van der Waals surface area contributed by atoms with E-state index in [0.717, 1.165) is 25.0 Å². The van der Waals surface area contributed by atoms with Gasteiger partial charge in [-0.05, 0) is 69.3 Å². The molecule has 0 aliphatic carbocycles. The molecule has 2 unspecified atom stereocenters. The molecule has 156 valence electrons. The first-order valence-corrected chi connectivity index (χ1v) is 10.2. The lowest BCUT2D eigenvalue weighted by molar-refractivity contribution is -0.139. The van der Waals surface area contributed by atoms with Gasteiger partial charge in [0.1, 0.15) is 5.75 Å². The van der Waals surface area contributed by atoms with Crippen LogP contribution in [0.2, 0.25) is 0 Å². The van der Waals surface area contributed by atoms with Gasteiger partial charge >= 0.3 is 5.97 Å². The van der Waals surface area contributed by atoms with Gasteiger partial charge in [0, 0.05) is 19.1 Å². The predicted molar refractivity (Wildman–Crippen MR) is 110 cm³/mol. The number of hydrogen-bond donors (Lipinski definition) is 1. The summed E-state index contributed by atoms with van der Waals surface area (Å²) in [5, 5.41) is 8.98. The third kappa shape index (κ3) is 5.96. The molecule has 1 amide bonds. The van der Waals surface area contributed by atoms with Crippen LogP contribution in [0.1, 0.15) is 57.1 Å². The second kappa shape index (κ2) is 9.92. The number of amides is 1. The number of likely N-dealkylation sites (tertiary alicyclic amines) is 1. The number of aryl methyl sites for hydroxylation is 1. The maximum Gasteiger partial charge on any atom is 0.317 e. The molecule has 2 atom stereocenters. The summed E-state index contributed by atoms with van der Waals surface area (Å²) in [6.07, 6.45) is 2.01. The lowest BCUT2D eigenvalue weighted by Crippen LogP contribution is -2.42. The zero-order valence-corrected chi connectivity index (χ0v) is 17.8. The van der Waals surface area contributed by atoms with Gasteiger partial charge in [-0.2, -0.15) is 0 Å². The molecular formula is C22H34N2O4. The molecule has 0 saturated carbocycles. The van der Waals surface area contributed by atoms with Crippen molar-refractivity contribution in [2.45, 2.75) is 65.0 Å². The number of hydrogen-bond acceptors (Lipinski definition) is 4. The van der Waals surface area contributed by atoms with E-state index in [-0.39, 0.29) is 18.5 Å². The van der Waals surface area contributed by atoms with Crippen molar-refractivity contribution >= 4 is 11.9 Å². The molecule has 1 aromatic carbocycles. The van der Waals surface area contributed by atoms with Crippen LogP contribution in [0.25, 0.3) is 0 Å². The van der Waals surface area contributed by atoms with Gasteiger partial charge in [-0.3, -0.25) is 14.5 Å². The maximum absolute atomic E-state index is 12.9. The summed E-state index contributed by atoms with van der Waals surface area (Å²) in [4.78, 5) is 27.5. The van der Waals surface area contributed by atoms with Crippen LogP contribution in [0.5, 0.6) is 5.75 Å². The smallest absolute Gasteiger partial charge is 0.317 e. The van der Waals surface area contributed by atoms with Gasteiger partial charge in [-0.15, -0.1) is 0 Å². The van der Waals surface area contributed by atoms with E-state index in [2.05, 4.69) is 26.8 Å². The van der Waals surface area contributed by atoms with Crippen molar-refractivity contribution < 1.29 is 19.4 Å². The zero-order valence-electron chi connectivity index (χ0n) is 17.8. The predicted octanol–water partition coefficient (Wildman–Crippen LogP) is 3.28. The van der Waals surface area contributed by atoms with Crippen molar-refractivity contribution in [1.29, 1.82) is 0 Å². The quantitative estimate of drug-likeness (QED) is 0.774. The topological polar surface area (TPSA) is 70.1 Å². The van der Waals surface area contributed by atoms with Crippen LogP contribution in [0.3, 0.4) is 0 Å². The Morgan fingerprint density at radius 2 is 1.96 bits per heavy atom. The molecule has 0 bridgehead atoms. The van der Waals surface area contributed by atoms with Gasteiger partial charge in [0.2, 0.25) is 0 Å². The van der Waals surface area contributed by atoms with Crippen molar-refractivity contribution in [3.05, 3.63) is 29.3 Å². The third-order valence-corrected chi connectivity index (χ3v) is 5.54. The first kappa shape index (κ1) is 22.2. The summed E-state index contributed by atoms with van der Waals surface area (Å²) >= 11 is 0. The average molecular weight is 391 g/mol. The average Bonchev–Trinajstić information content (AvgIpc) is 2.86. The largest absolute Gasteiger partial charge is 0.481 e. The Morgan fingerprint density at radius 1 is 1.25 bits per heavy atom. The summed E-state index contributed by atoms with van der Waals surface area (Å²) in [6, 6.07) is 6.20. The van der Waals surface area contributed by atoms with E-state index in [1.807, 2.05) is 29.0 Å². The van der Waals surface area contributed by atoms with Crippen LogP contribution in [-0.4, -0.2) is 65.6 Å². The van der Waals surface area contributed by atoms with E-state index in [1.54, 1.807) is 6.92 Å². The fourth-order valence-corrected chi connectivity index (χ4v) is 3.96. The maximum atomic E-state index is 12.9. The van der Waals surface area contributed by atoms with Gasteiger partial charge in [-0.25, -0.2) is 0 Å². The first-order chi connectivity index (χ1) is 13.2. The molecule has 1 saturated heterocycles. The molecule has 6 nitrogen and oxygen atoms in total. The summed E-state index contributed by atoms with van der Waals surface area (Å²) < 4.78 is 5.93. The summed E-state index contributed by atoms with van der Waals surface area (Å²) in [6.45, 7) is 9.54. The van der Waals surface area contributed by atoms with Crippen LogP contribution in [0, 0.1) is 6.92 Å². The molecule has 1 N–H and O–H groups in total. The highest BCUT2D eigenvalue weighted by molar-refractivity contribution is 5.81. The van der Waals surface area contributed by atoms with Gasteiger partial charge in [0.05, 0.1) is 6.54 Å². The number of rotatable bonds is 7. The molecule has 1 heterocycles. The lowest BCUT2D eigenvalue weighted by Gasteiger charge is -2.27. The summed E-state index contributed by atoms with van der Waals surface area (Å²) in [7, 11) is 1.84. The summed E-state index contributed by atoms with van der Waals surface area (Å²) in [5.41, 5.74) is 2.46. The van der Waals surface area contributed by atoms with Crippen LogP contribution in [-0.2, 0) is 9.59 Å². The molecule has 1 aliphatic heterocycles. The van der Waals surface area contributed by atoms with E-state index in [0.29, 0.717) is 19.0 Å². The Hall–Kier alpha value is -2.08. The van der Waals surface area contributed by atoms with Crippen LogP contribution >= 0.6 is 0 Å². The van der Waals surface area contributed by atoms with E-state index in [1.165, 1.54) is 11.1 Å². The van der Waals surface area contributed by atoms with Crippen LogP contribution < -0.4 is 4.74 Å². The van der Waals surface area contributed by atoms with Crippen molar-refractivity contribution in [3.63, 3.8) is 0 Å². The third-order valence-electron chi connectivity index (χ3n) is 5.54. The van der Waals surface area contributed by atoms with E-state index < -0.39 is 12.1 Å². The SMILES string of the molecule is Cc1cc(OC(C)C(=O)N2CCCC(N(C)CC(=O)O)CC2)ccc1C(C)C. The van der Waals surface area contributed by atoms with Gasteiger partial charge < -0.3 is 14.7 Å². The van der Waals surface area contributed by atoms with E-state index in [9.17, 15) is 9.59 Å². The number of likely N-dealkylation sites (N-methyl/N-ethyl adjacent to an activating group) is 1. The Balaban J connectivity index is 1.94. The highest BCUT2D eigenvalue weighted by atomic mass is 16.5. The lowest BCUT2D eigenvalue weighted by atomic mass is 9.98. The Kier molecular flexibility index (Phi) is 7.87. The van der Waals surface area contributed by atoms with Crippen molar-refractivity contribution in [3.8, 4) is 5.75 Å². The van der Waals surface area contributed by atoms with Crippen molar-refractivity contribution in [1.82, 2.24) is 9.80 Å². The minimum Gasteiger partial charge on any atom is -0.481 e. The molecular weight excluding hydrogens is 356 g/mol. The fourth-order valence-electron chi connectivity index (χ4n) is 3.96. The second-order valence-corrected chi connectivity index (χ2v) is 8.15. The fraction of sp³-hybridized carbons (Fsp3) is 0.636. The standard InChI is InChI=1S/C22H34N2O4/c1-15(2)20-9-8-19(13-16(20)3)28-17(4)22(27)24-11-6-7-18(10-12-24)23(5)14-21(25)26/h8-9,13,15,17-18H,6-7,10-12,14H2,1-5H3,(H,25,26). The van der Waals surface area contributed by atoms with Crippen LogP contribution in [0.15, 0.2) is 18.2 Å². The van der Waals surface area contributed by atoms with Gasteiger partial charge in [0.25, 0.3) is 5.91 Å². The molecule has 6 heteroatoms. The van der Waals surface area contributed by atoms with E-state index in [4.69, 9.17) is 9.84 Å². The molecule has 2 rings (SSSR count). The summed E-state index contributed by atoms with van der Waals surface area (Å²) in [5.74, 6) is 0.349. The number of aliphatic carboxylic acids is 1. The molecule has 1 fully saturated rings. The van der Waals surface area contributed by atoms with Gasteiger partial charge in [-0.1, -0.05) is 19.9 Å². The highest BCUT2D eigenvalue weighted by Gasteiger charge is 2.27. The van der Waals surface area contributed by atoms with Gasteiger partial charge in [0.15, 0.2) is 6.10 Å². The number of nitrogens with zero attached hydrogens (tertiary/aromatic N) is 2. The Bertz CT molecular complexity index is 689. The minimum atomic E-state index is -0.819. The zero-order chi connectivity index (χ0) is 20.8. The number of benzene rings is 1. The Labute approximate surface area is 168 Å². The number of ether oxygens (including phenoxy) is 1. The first-order valence-electron chi connectivity index (χ1n) is 10.2. The molecule has 1 aliphatic rings. The number of carbonyl (C=O) groups is 2. The monoisotopic (exact) mass is 390 g/mol. The Morgan fingerprint density at radius 3 is 2.57 bits per heavy atom. The van der Waals surface area contributed by atoms with E-state index >= 15 is 0 Å². The van der Waals surface area contributed by atoms with Crippen LogP contribution in [0.4, 0.5) is 0 Å². The minimum absolute atomic E-state index is 0.00729. The molecule has 0 aromatic heterocycles. The molecule has 28 heavy (non-hydrogen) atoms. The van der Waals surface area contributed by atoms with Crippen molar-refractivity contribution in [2.24, 2.45) is 0 Å². The highest BCUT2D eigenvalue weighted by Crippen LogP contribution is 2.24. The number of carboxylic acid groups (broad SMARTS) is 1. The normalized spacial score (nSPS) is 18.8. The van der Waals surface area contributed by atoms with Crippen molar-refractivity contribution in [2.75, 3.05) is 26.7 Å². The second-order valence-electron chi connectivity index (χ2n) is 8.15. The number of carboxylic acids is 1. The molecule has 0 radical (unpaired) electrons. The molecule has 0 spiro atoms. The number of carbonyl (C=O) groups excluding carboxylic acids is 1. The molecule has 1 aromatic rings.